The summed E-state index contributed by atoms with van der Waals surface area (Å²) in [5.74, 6) is 3.17. The molecule has 5 nitrogen and oxygen atoms in total. The topological polar surface area (TPSA) is 50.8 Å². The van der Waals surface area contributed by atoms with Gasteiger partial charge >= 0.3 is 0 Å². The van der Waals surface area contributed by atoms with Crippen molar-refractivity contribution in [2.45, 2.75) is 25.1 Å². The zero-order valence-electron chi connectivity index (χ0n) is 15.1. The van der Waals surface area contributed by atoms with E-state index >= 15 is 0 Å². The van der Waals surface area contributed by atoms with Crippen molar-refractivity contribution in [1.82, 2.24) is 4.90 Å². The molecule has 2 atom stereocenters. The van der Waals surface area contributed by atoms with Crippen LogP contribution in [0, 0.1) is 12.3 Å². The molecule has 0 aliphatic carbocycles. The molecule has 2 aliphatic heterocycles. The Morgan fingerprint density at radius 3 is 2.85 bits per heavy atom. The lowest BCUT2D eigenvalue weighted by Crippen LogP contribution is -2.46. The van der Waals surface area contributed by atoms with Crippen molar-refractivity contribution in [2.75, 3.05) is 25.1 Å². The van der Waals surface area contributed by atoms with Gasteiger partial charge < -0.3 is 19.7 Å². The summed E-state index contributed by atoms with van der Waals surface area (Å²) in [5.41, 5.74) is 2.38. The first-order valence-corrected chi connectivity index (χ1v) is 9.21. The number of nitrogens with one attached hydrogen (secondary N) is 1. The number of carbonyl (C=O) groups excluding carboxylic acids is 1. The minimum Gasteiger partial charge on any atom is -0.481 e. The Labute approximate surface area is 159 Å². The number of hydrogen-bond acceptors (Lipinski definition) is 4. The average Bonchev–Trinajstić information content (AvgIpc) is 3.22. The third kappa shape index (κ3) is 3.49. The Kier molecular flexibility index (Phi) is 4.99. The van der Waals surface area contributed by atoms with E-state index in [-0.39, 0.29) is 24.8 Å². The second-order valence-corrected chi connectivity index (χ2v) is 6.72. The summed E-state index contributed by atoms with van der Waals surface area (Å²) < 4.78 is 11.5. The number of benzene rings is 2. The van der Waals surface area contributed by atoms with Gasteiger partial charge in [0.1, 0.15) is 18.5 Å². The SMILES string of the molecule is C#CCOc1ccccc1C1Nc2ccccc2C(=O)N1CC1CCCO1. The smallest absolute Gasteiger partial charge is 0.257 e. The van der Waals surface area contributed by atoms with Crippen molar-refractivity contribution in [3.05, 3.63) is 59.7 Å². The quantitative estimate of drug-likeness (QED) is 0.828. The fraction of sp³-hybridized carbons (Fsp3) is 0.318. The maximum Gasteiger partial charge on any atom is 0.257 e. The molecule has 2 unspecified atom stereocenters. The highest BCUT2D eigenvalue weighted by atomic mass is 16.5. The minimum atomic E-state index is -0.342. The molecule has 1 fully saturated rings. The molecule has 27 heavy (non-hydrogen) atoms. The normalized spacial score (nSPS) is 21.3. The third-order valence-corrected chi connectivity index (χ3v) is 4.97. The van der Waals surface area contributed by atoms with Crippen molar-refractivity contribution in [3.8, 4) is 18.1 Å². The maximum atomic E-state index is 13.3. The number of nitrogens with zero attached hydrogens (tertiary/aromatic N) is 1. The number of rotatable bonds is 5. The fourth-order valence-electron chi connectivity index (χ4n) is 3.69. The molecule has 4 rings (SSSR count). The number of terminal acetylenes is 1. The van der Waals surface area contributed by atoms with Gasteiger partial charge in [0.2, 0.25) is 0 Å². The number of ether oxygens (including phenoxy) is 2. The Morgan fingerprint density at radius 1 is 1.22 bits per heavy atom. The predicted octanol–water partition coefficient (Wildman–Crippen LogP) is 3.44. The van der Waals surface area contributed by atoms with E-state index in [1.807, 2.05) is 53.4 Å². The van der Waals surface area contributed by atoms with E-state index < -0.39 is 0 Å². The van der Waals surface area contributed by atoms with Gasteiger partial charge in [-0.15, -0.1) is 6.42 Å². The van der Waals surface area contributed by atoms with Crippen LogP contribution in [0.1, 0.15) is 34.9 Å². The Balaban J connectivity index is 1.72. The standard InChI is InChI=1S/C22H22N2O3/c1-2-13-27-20-12-6-4-10-18(20)21-23-19-11-5-3-9-17(19)22(25)24(21)15-16-8-7-14-26-16/h1,3-6,9-12,16,21,23H,7-8,13-15H2. The molecule has 2 heterocycles. The van der Waals surface area contributed by atoms with Crippen LogP contribution in [0.2, 0.25) is 0 Å². The molecular weight excluding hydrogens is 340 g/mol. The van der Waals surface area contributed by atoms with Crippen LogP contribution in [0.25, 0.3) is 0 Å². The summed E-state index contributed by atoms with van der Waals surface area (Å²) in [7, 11) is 0. The molecule has 1 N–H and O–H groups in total. The number of hydrogen-bond donors (Lipinski definition) is 1. The van der Waals surface area contributed by atoms with Crippen LogP contribution in [-0.4, -0.2) is 36.7 Å². The van der Waals surface area contributed by atoms with Gasteiger partial charge in [0.25, 0.3) is 5.91 Å². The molecule has 2 aliphatic rings. The van der Waals surface area contributed by atoms with E-state index in [1.54, 1.807) is 0 Å². The van der Waals surface area contributed by atoms with Crippen molar-refractivity contribution in [3.63, 3.8) is 0 Å². The van der Waals surface area contributed by atoms with E-state index in [2.05, 4.69) is 11.2 Å². The van der Waals surface area contributed by atoms with Crippen LogP contribution >= 0.6 is 0 Å². The third-order valence-electron chi connectivity index (χ3n) is 4.97. The number of para-hydroxylation sites is 2. The zero-order valence-corrected chi connectivity index (χ0v) is 15.1. The Bertz CT molecular complexity index is 868. The molecule has 138 valence electrons. The maximum absolute atomic E-state index is 13.3. The molecule has 1 saturated heterocycles. The first-order valence-electron chi connectivity index (χ1n) is 9.21. The van der Waals surface area contributed by atoms with E-state index in [9.17, 15) is 4.79 Å². The molecule has 0 saturated carbocycles. The molecule has 0 spiro atoms. The fourth-order valence-corrected chi connectivity index (χ4v) is 3.69. The van der Waals surface area contributed by atoms with Crippen molar-refractivity contribution < 1.29 is 14.3 Å². The van der Waals surface area contributed by atoms with Gasteiger partial charge in [-0.2, -0.15) is 0 Å². The van der Waals surface area contributed by atoms with Gasteiger partial charge in [-0.3, -0.25) is 4.79 Å². The van der Waals surface area contributed by atoms with Crippen LogP contribution in [0.5, 0.6) is 5.75 Å². The van der Waals surface area contributed by atoms with Gasteiger partial charge in [0.15, 0.2) is 0 Å². The molecule has 0 radical (unpaired) electrons. The van der Waals surface area contributed by atoms with Gasteiger partial charge in [-0.25, -0.2) is 0 Å². The summed E-state index contributed by atoms with van der Waals surface area (Å²) in [6, 6.07) is 15.3. The summed E-state index contributed by atoms with van der Waals surface area (Å²) in [5, 5.41) is 3.50. The van der Waals surface area contributed by atoms with Gasteiger partial charge in [-0.1, -0.05) is 36.3 Å². The number of amides is 1. The molecule has 2 aromatic rings. The number of anilines is 1. The Hall–Kier alpha value is -2.97. The van der Waals surface area contributed by atoms with E-state index in [1.165, 1.54) is 0 Å². The molecule has 1 amide bonds. The highest BCUT2D eigenvalue weighted by Crippen LogP contribution is 2.37. The highest BCUT2D eigenvalue weighted by molar-refractivity contribution is 6.01. The predicted molar refractivity (Wildman–Crippen MR) is 104 cm³/mol. The lowest BCUT2D eigenvalue weighted by Gasteiger charge is -2.39. The second-order valence-electron chi connectivity index (χ2n) is 6.72. The summed E-state index contributed by atoms with van der Waals surface area (Å²) in [6.45, 7) is 1.47. The van der Waals surface area contributed by atoms with E-state index in [0.29, 0.717) is 17.9 Å². The molecule has 2 aromatic carbocycles. The van der Waals surface area contributed by atoms with Crippen molar-refractivity contribution >= 4 is 11.6 Å². The van der Waals surface area contributed by atoms with Gasteiger partial charge in [0, 0.05) is 24.4 Å². The van der Waals surface area contributed by atoms with Crippen LogP contribution in [-0.2, 0) is 4.74 Å². The van der Waals surface area contributed by atoms with Crippen molar-refractivity contribution in [1.29, 1.82) is 0 Å². The van der Waals surface area contributed by atoms with Crippen LogP contribution in [0.4, 0.5) is 5.69 Å². The van der Waals surface area contributed by atoms with Crippen LogP contribution < -0.4 is 10.1 Å². The monoisotopic (exact) mass is 362 g/mol. The van der Waals surface area contributed by atoms with Crippen LogP contribution in [0.3, 0.4) is 0 Å². The minimum absolute atomic E-state index is 0.00315. The summed E-state index contributed by atoms with van der Waals surface area (Å²) in [4.78, 5) is 15.1. The first kappa shape index (κ1) is 17.4. The van der Waals surface area contributed by atoms with E-state index in [4.69, 9.17) is 15.9 Å². The highest BCUT2D eigenvalue weighted by Gasteiger charge is 2.36. The molecule has 0 bridgehead atoms. The van der Waals surface area contributed by atoms with E-state index in [0.717, 1.165) is 30.7 Å². The molecule has 5 heteroatoms. The molecular formula is C22H22N2O3. The lowest BCUT2D eigenvalue weighted by atomic mass is 10.0. The van der Waals surface area contributed by atoms with Crippen LogP contribution in [0.15, 0.2) is 48.5 Å². The van der Waals surface area contributed by atoms with Gasteiger partial charge in [0.05, 0.1) is 11.7 Å². The Morgan fingerprint density at radius 2 is 2.04 bits per heavy atom. The average molecular weight is 362 g/mol. The first-order chi connectivity index (χ1) is 13.3. The number of fused-ring (bicyclic) bond motifs is 1. The zero-order chi connectivity index (χ0) is 18.6. The molecule has 0 aromatic heterocycles. The van der Waals surface area contributed by atoms with Crippen molar-refractivity contribution in [2.24, 2.45) is 0 Å². The number of carbonyl (C=O) groups is 1. The second kappa shape index (κ2) is 7.73. The lowest BCUT2D eigenvalue weighted by molar-refractivity contribution is 0.0424. The summed E-state index contributed by atoms with van der Waals surface area (Å²) in [6.07, 6.45) is 7.07. The largest absolute Gasteiger partial charge is 0.481 e. The summed E-state index contributed by atoms with van der Waals surface area (Å²) >= 11 is 0. The van der Waals surface area contributed by atoms with Gasteiger partial charge in [-0.05, 0) is 31.0 Å².